The van der Waals surface area contributed by atoms with Crippen LogP contribution in [0.5, 0.6) is 0 Å². The average Bonchev–Trinajstić information content (AvgIpc) is 2.73. The fraction of sp³-hybridized carbons (Fsp3) is 0.286. The molecule has 5 heteroatoms. The van der Waals surface area contributed by atoms with E-state index >= 15 is 0 Å². The van der Waals surface area contributed by atoms with Gasteiger partial charge in [0.2, 0.25) is 5.76 Å². The van der Waals surface area contributed by atoms with Crippen LogP contribution in [0.4, 0.5) is 0 Å². The van der Waals surface area contributed by atoms with Crippen molar-refractivity contribution < 1.29 is 14.3 Å². The van der Waals surface area contributed by atoms with Crippen LogP contribution in [-0.4, -0.2) is 16.1 Å². The maximum absolute atomic E-state index is 10.8. The molecule has 2 aromatic rings. The lowest BCUT2D eigenvalue weighted by atomic mass is 10.2. The summed E-state index contributed by atoms with van der Waals surface area (Å²) in [6.07, 6.45) is 1.82. The molecule has 2 heterocycles. The SMILES string of the molecule is Cc1ccc(CNCc2cc(C)c(C(=O)O)o2)cn1. The summed E-state index contributed by atoms with van der Waals surface area (Å²) in [4.78, 5) is 15.0. The van der Waals surface area contributed by atoms with E-state index < -0.39 is 5.97 Å². The average molecular weight is 260 g/mol. The number of nitrogens with zero attached hydrogens (tertiary/aromatic N) is 1. The molecule has 100 valence electrons. The summed E-state index contributed by atoms with van der Waals surface area (Å²) in [5, 5.41) is 12.1. The van der Waals surface area contributed by atoms with Crippen molar-refractivity contribution >= 4 is 5.97 Å². The molecule has 0 spiro atoms. The first-order valence-corrected chi connectivity index (χ1v) is 6.01. The molecule has 2 N–H and O–H groups in total. The van der Waals surface area contributed by atoms with Gasteiger partial charge in [0.1, 0.15) is 5.76 Å². The summed E-state index contributed by atoms with van der Waals surface area (Å²) in [5.74, 6) is -0.407. The minimum Gasteiger partial charge on any atom is -0.475 e. The lowest BCUT2D eigenvalue weighted by molar-refractivity contribution is 0.0659. The van der Waals surface area contributed by atoms with Crippen molar-refractivity contribution in [1.82, 2.24) is 10.3 Å². The molecule has 0 aromatic carbocycles. The number of aryl methyl sites for hydroxylation is 2. The van der Waals surface area contributed by atoms with E-state index in [4.69, 9.17) is 9.52 Å². The molecule has 0 saturated heterocycles. The van der Waals surface area contributed by atoms with Crippen molar-refractivity contribution in [3.8, 4) is 0 Å². The number of rotatable bonds is 5. The summed E-state index contributed by atoms with van der Waals surface area (Å²) in [5.41, 5.74) is 2.70. The Balaban J connectivity index is 1.90. The highest BCUT2D eigenvalue weighted by Crippen LogP contribution is 2.14. The van der Waals surface area contributed by atoms with Crippen LogP contribution in [0, 0.1) is 13.8 Å². The second-order valence-corrected chi connectivity index (χ2v) is 4.44. The first-order valence-electron chi connectivity index (χ1n) is 6.01. The number of pyridine rings is 1. The third-order valence-corrected chi connectivity index (χ3v) is 2.76. The van der Waals surface area contributed by atoms with Gasteiger partial charge in [-0.1, -0.05) is 6.07 Å². The number of furan rings is 1. The van der Waals surface area contributed by atoms with E-state index in [-0.39, 0.29) is 5.76 Å². The van der Waals surface area contributed by atoms with Crippen LogP contribution in [0.3, 0.4) is 0 Å². The van der Waals surface area contributed by atoms with E-state index in [2.05, 4.69) is 10.3 Å². The molecule has 0 amide bonds. The molecule has 0 saturated carbocycles. The number of carbonyl (C=O) groups is 1. The van der Waals surface area contributed by atoms with Gasteiger partial charge in [0.05, 0.1) is 6.54 Å². The van der Waals surface area contributed by atoms with Crippen LogP contribution >= 0.6 is 0 Å². The lowest BCUT2D eigenvalue weighted by Gasteiger charge is -2.02. The first-order chi connectivity index (χ1) is 9.06. The molecule has 0 aliphatic heterocycles. The summed E-state index contributed by atoms with van der Waals surface area (Å²) >= 11 is 0. The summed E-state index contributed by atoms with van der Waals surface area (Å²) < 4.78 is 5.26. The molecule has 0 bridgehead atoms. The predicted molar refractivity (Wildman–Crippen MR) is 69.9 cm³/mol. The summed E-state index contributed by atoms with van der Waals surface area (Å²) in [6.45, 7) is 4.81. The topological polar surface area (TPSA) is 75.4 Å². The zero-order valence-corrected chi connectivity index (χ0v) is 10.9. The third kappa shape index (κ3) is 3.42. The van der Waals surface area contributed by atoms with Crippen molar-refractivity contribution in [2.75, 3.05) is 0 Å². The van der Waals surface area contributed by atoms with E-state index in [0.717, 1.165) is 11.3 Å². The molecule has 2 rings (SSSR count). The van der Waals surface area contributed by atoms with E-state index in [0.29, 0.717) is 24.4 Å². The predicted octanol–water partition coefficient (Wildman–Crippen LogP) is 2.28. The lowest BCUT2D eigenvalue weighted by Crippen LogP contribution is -2.12. The molecular weight excluding hydrogens is 244 g/mol. The molecular formula is C14H16N2O3. The van der Waals surface area contributed by atoms with Gasteiger partial charge in [0.25, 0.3) is 0 Å². The van der Waals surface area contributed by atoms with Crippen LogP contribution in [-0.2, 0) is 13.1 Å². The van der Waals surface area contributed by atoms with E-state index in [1.54, 1.807) is 13.0 Å². The number of carboxylic acid groups (broad SMARTS) is 1. The maximum atomic E-state index is 10.8. The van der Waals surface area contributed by atoms with Crippen molar-refractivity contribution in [3.63, 3.8) is 0 Å². The van der Waals surface area contributed by atoms with Gasteiger partial charge < -0.3 is 14.8 Å². The number of nitrogens with one attached hydrogen (secondary N) is 1. The van der Waals surface area contributed by atoms with Crippen LogP contribution in [0.2, 0.25) is 0 Å². The van der Waals surface area contributed by atoms with E-state index in [1.165, 1.54) is 0 Å². The third-order valence-electron chi connectivity index (χ3n) is 2.76. The number of hydrogen-bond acceptors (Lipinski definition) is 4. The maximum Gasteiger partial charge on any atom is 0.372 e. The van der Waals surface area contributed by atoms with Gasteiger partial charge in [-0.05, 0) is 31.5 Å². The molecule has 0 aliphatic carbocycles. The largest absolute Gasteiger partial charge is 0.475 e. The van der Waals surface area contributed by atoms with Gasteiger partial charge in [0, 0.05) is 24.0 Å². The Bertz CT molecular complexity index is 573. The zero-order chi connectivity index (χ0) is 13.8. The van der Waals surface area contributed by atoms with Gasteiger partial charge in [-0.3, -0.25) is 4.98 Å². The molecule has 0 aliphatic rings. The first kappa shape index (κ1) is 13.3. The molecule has 0 unspecified atom stereocenters. The van der Waals surface area contributed by atoms with Gasteiger partial charge in [0.15, 0.2) is 0 Å². The van der Waals surface area contributed by atoms with Crippen molar-refractivity contribution in [2.24, 2.45) is 0 Å². The fourth-order valence-electron chi connectivity index (χ4n) is 1.78. The Kier molecular flexibility index (Phi) is 3.97. The Labute approximate surface area is 111 Å². The van der Waals surface area contributed by atoms with Crippen LogP contribution in [0.25, 0.3) is 0 Å². The van der Waals surface area contributed by atoms with Gasteiger partial charge in [-0.25, -0.2) is 4.79 Å². The van der Waals surface area contributed by atoms with Gasteiger partial charge >= 0.3 is 5.97 Å². The standard InChI is InChI=1S/C14H16N2O3/c1-9-5-12(19-13(9)14(17)18)8-15-6-11-4-3-10(2)16-7-11/h3-5,7,15H,6,8H2,1-2H3,(H,17,18). The Morgan fingerprint density at radius 1 is 1.37 bits per heavy atom. The highest BCUT2D eigenvalue weighted by atomic mass is 16.4. The molecule has 0 atom stereocenters. The molecule has 0 radical (unpaired) electrons. The van der Waals surface area contributed by atoms with Crippen molar-refractivity contribution in [2.45, 2.75) is 26.9 Å². The van der Waals surface area contributed by atoms with Crippen LogP contribution < -0.4 is 5.32 Å². The van der Waals surface area contributed by atoms with Crippen LogP contribution in [0.1, 0.15) is 33.1 Å². The van der Waals surface area contributed by atoms with E-state index in [1.807, 2.05) is 25.3 Å². The number of aromatic carboxylic acids is 1. The quantitative estimate of drug-likeness (QED) is 0.862. The monoisotopic (exact) mass is 260 g/mol. The molecule has 0 fully saturated rings. The second kappa shape index (κ2) is 5.67. The molecule has 19 heavy (non-hydrogen) atoms. The second-order valence-electron chi connectivity index (χ2n) is 4.44. The summed E-state index contributed by atoms with van der Waals surface area (Å²) in [6, 6.07) is 5.70. The molecule has 5 nitrogen and oxygen atoms in total. The Morgan fingerprint density at radius 2 is 2.16 bits per heavy atom. The highest BCUT2D eigenvalue weighted by molar-refractivity contribution is 5.86. The van der Waals surface area contributed by atoms with Crippen molar-refractivity contribution in [1.29, 1.82) is 0 Å². The minimum atomic E-state index is -1.04. The van der Waals surface area contributed by atoms with Gasteiger partial charge in [-0.2, -0.15) is 0 Å². The zero-order valence-electron chi connectivity index (χ0n) is 10.9. The van der Waals surface area contributed by atoms with Crippen molar-refractivity contribution in [3.05, 3.63) is 52.7 Å². The highest BCUT2D eigenvalue weighted by Gasteiger charge is 2.13. The molecule has 2 aromatic heterocycles. The fourth-order valence-corrected chi connectivity index (χ4v) is 1.78. The number of carboxylic acids is 1. The van der Waals surface area contributed by atoms with Crippen LogP contribution in [0.15, 0.2) is 28.8 Å². The number of hydrogen-bond donors (Lipinski definition) is 2. The minimum absolute atomic E-state index is 0.00815. The van der Waals surface area contributed by atoms with Gasteiger partial charge in [-0.15, -0.1) is 0 Å². The Morgan fingerprint density at radius 3 is 2.74 bits per heavy atom. The smallest absolute Gasteiger partial charge is 0.372 e. The van der Waals surface area contributed by atoms with E-state index in [9.17, 15) is 4.79 Å². The normalized spacial score (nSPS) is 10.6. The number of aromatic nitrogens is 1. The Hall–Kier alpha value is -2.14. The summed E-state index contributed by atoms with van der Waals surface area (Å²) in [7, 11) is 0.